The Morgan fingerprint density at radius 1 is 1.62 bits per heavy atom. The lowest BCUT2D eigenvalue weighted by Gasteiger charge is -2.22. The molecule has 1 N–H and O–H groups in total. The van der Waals surface area contributed by atoms with Gasteiger partial charge >= 0.3 is 0 Å². The molecule has 0 aliphatic heterocycles. The van der Waals surface area contributed by atoms with Crippen molar-refractivity contribution < 1.29 is 22.7 Å². The van der Waals surface area contributed by atoms with Gasteiger partial charge in [0.25, 0.3) is 0 Å². The minimum Gasteiger partial charge on any atom is -0.743 e. The molecule has 0 rings (SSSR count). The van der Waals surface area contributed by atoms with E-state index >= 15 is 0 Å². The topological polar surface area (TPSA) is 78.7 Å². The first-order chi connectivity index (χ1) is 5.79. The summed E-state index contributed by atoms with van der Waals surface area (Å²) >= 11 is 0. The Hall–Kier alpha value is -0.720. The largest absolute Gasteiger partial charge is 0.743 e. The van der Waals surface area contributed by atoms with E-state index in [9.17, 15) is 17.8 Å². The lowest BCUT2D eigenvalue weighted by Crippen LogP contribution is -3.11. The Balaban J connectivity index is 4.65. The van der Waals surface area contributed by atoms with Crippen molar-refractivity contribution in [1.82, 2.24) is 0 Å². The average molecular weight is 207 g/mol. The summed E-state index contributed by atoms with van der Waals surface area (Å²) in [5.74, 6) is -0.439. The second-order valence-electron chi connectivity index (χ2n) is 2.93. The van der Waals surface area contributed by atoms with Gasteiger partial charge in [0.1, 0.15) is 10.1 Å². The third-order valence-electron chi connectivity index (χ3n) is 1.61. The minimum atomic E-state index is -4.42. The molecule has 0 bridgehead atoms. The number of hydrogen-bond donors (Lipinski definition) is 1. The molecule has 0 aromatic rings. The van der Waals surface area contributed by atoms with Crippen LogP contribution in [0.3, 0.4) is 0 Å². The Morgan fingerprint density at radius 2 is 2.08 bits per heavy atom. The normalized spacial score (nSPS) is 14.2. The number of carbonyl (C=O) groups excluding carboxylic acids is 1. The summed E-state index contributed by atoms with van der Waals surface area (Å²) in [6.07, 6.45) is 0.707. The molecule has 0 amide bonds. The number of quaternary nitrogens is 1. The van der Waals surface area contributed by atoms with E-state index in [1.165, 1.54) is 14.1 Å². The first-order valence-corrected chi connectivity index (χ1v) is 5.16. The van der Waals surface area contributed by atoms with E-state index in [-0.39, 0.29) is 6.42 Å². The van der Waals surface area contributed by atoms with E-state index < -0.39 is 21.3 Å². The van der Waals surface area contributed by atoms with Crippen LogP contribution in [0.15, 0.2) is 12.7 Å². The second-order valence-corrected chi connectivity index (χ2v) is 4.49. The van der Waals surface area contributed by atoms with Crippen molar-refractivity contribution in [2.24, 2.45) is 0 Å². The predicted molar refractivity (Wildman–Crippen MR) is 46.1 cm³/mol. The maximum atomic E-state index is 10.8. The van der Waals surface area contributed by atoms with Crippen molar-refractivity contribution in [2.45, 2.75) is 11.8 Å². The van der Waals surface area contributed by atoms with Crippen LogP contribution in [-0.4, -0.2) is 38.2 Å². The van der Waals surface area contributed by atoms with Gasteiger partial charge in [0.15, 0.2) is 11.2 Å². The Morgan fingerprint density at radius 3 is 2.31 bits per heavy atom. The van der Waals surface area contributed by atoms with Crippen molar-refractivity contribution in [2.75, 3.05) is 14.1 Å². The summed E-state index contributed by atoms with van der Waals surface area (Å²) in [4.78, 5) is 11.3. The zero-order valence-corrected chi connectivity index (χ0v) is 8.43. The van der Waals surface area contributed by atoms with Gasteiger partial charge in [-0.05, 0) is 6.08 Å². The highest BCUT2D eigenvalue weighted by Gasteiger charge is 2.24. The van der Waals surface area contributed by atoms with E-state index in [2.05, 4.69) is 6.58 Å². The minimum absolute atomic E-state index is 0.308. The highest BCUT2D eigenvalue weighted by molar-refractivity contribution is 7.86. The molecule has 0 heterocycles. The fraction of sp³-hybridized carbons (Fsp3) is 0.571. The quantitative estimate of drug-likeness (QED) is 0.424. The lowest BCUT2D eigenvalue weighted by molar-refractivity contribution is -0.870. The van der Waals surface area contributed by atoms with E-state index in [1.54, 1.807) is 0 Å². The number of hydrogen-bond acceptors (Lipinski definition) is 4. The Bertz CT molecular complexity index is 294. The molecule has 0 saturated heterocycles. The standard InChI is InChI=1S/C7H13NO4S/c1-4-6(9)5-7(8(2)3)13(10,11)12/h4,7H,1,5H2,2-3H3,(H,10,11,12). The molecule has 0 spiro atoms. The van der Waals surface area contributed by atoms with Gasteiger partial charge in [-0.2, -0.15) is 0 Å². The van der Waals surface area contributed by atoms with Gasteiger partial charge in [0, 0.05) is 0 Å². The number of rotatable bonds is 5. The maximum absolute atomic E-state index is 10.8. The summed E-state index contributed by atoms with van der Waals surface area (Å²) in [6, 6.07) is 0. The van der Waals surface area contributed by atoms with Gasteiger partial charge < -0.3 is 9.45 Å². The molecule has 0 radical (unpaired) electrons. The monoisotopic (exact) mass is 207 g/mol. The molecule has 0 saturated carbocycles. The molecule has 0 aromatic heterocycles. The van der Waals surface area contributed by atoms with Crippen LogP contribution < -0.4 is 4.90 Å². The summed E-state index contributed by atoms with van der Waals surface area (Å²) in [5, 5.41) is -1.22. The van der Waals surface area contributed by atoms with Gasteiger partial charge in [0.2, 0.25) is 0 Å². The molecular formula is C7H13NO4S. The molecular weight excluding hydrogens is 194 g/mol. The van der Waals surface area contributed by atoms with Crippen LogP contribution in [0.1, 0.15) is 6.42 Å². The van der Waals surface area contributed by atoms with E-state index in [0.717, 1.165) is 6.08 Å². The fourth-order valence-electron chi connectivity index (χ4n) is 0.861. The summed E-state index contributed by atoms with van der Waals surface area (Å²) in [6.45, 7) is 3.20. The number of carbonyl (C=O) groups is 1. The highest BCUT2D eigenvalue weighted by atomic mass is 32.2. The molecule has 1 unspecified atom stereocenters. The molecule has 0 aliphatic carbocycles. The van der Waals surface area contributed by atoms with Gasteiger partial charge in [-0.25, -0.2) is 8.42 Å². The number of ketones is 1. The molecule has 1 atom stereocenters. The maximum Gasteiger partial charge on any atom is 0.184 e. The molecule has 13 heavy (non-hydrogen) atoms. The van der Waals surface area contributed by atoms with Crippen molar-refractivity contribution >= 4 is 15.9 Å². The molecule has 0 fully saturated rings. The smallest absolute Gasteiger partial charge is 0.184 e. The van der Waals surface area contributed by atoms with E-state index in [0.29, 0.717) is 4.90 Å². The third-order valence-corrected chi connectivity index (χ3v) is 2.94. The first kappa shape index (κ1) is 12.3. The van der Waals surface area contributed by atoms with Crippen LogP contribution in [0.5, 0.6) is 0 Å². The molecule has 5 nitrogen and oxygen atoms in total. The van der Waals surface area contributed by atoms with Crippen molar-refractivity contribution in [1.29, 1.82) is 0 Å². The van der Waals surface area contributed by atoms with Crippen LogP contribution in [0.25, 0.3) is 0 Å². The van der Waals surface area contributed by atoms with Gasteiger partial charge in [-0.15, -0.1) is 0 Å². The Labute approximate surface area is 77.8 Å². The summed E-state index contributed by atoms with van der Waals surface area (Å²) < 4.78 is 32.0. The van der Waals surface area contributed by atoms with Crippen LogP contribution >= 0.6 is 0 Å². The summed E-state index contributed by atoms with van der Waals surface area (Å²) in [7, 11) is -1.40. The zero-order valence-electron chi connectivity index (χ0n) is 7.61. The third kappa shape index (κ3) is 4.16. The SMILES string of the molecule is C=CC(=O)CC([NH+](C)C)S(=O)(=O)[O-]. The second kappa shape index (κ2) is 4.50. The van der Waals surface area contributed by atoms with Crippen molar-refractivity contribution in [3.63, 3.8) is 0 Å². The van der Waals surface area contributed by atoms with Crippen LogP contribution in [-0.2, 0) is 14.9 Å². The highest BCUT2D eigenvalue weighted by Crippen LogP contribution is 1.97. The lowest BCUT2D eigenvalue weighted by atomic mass is 10.3. The Kier molecular flexibility index (Phi) is 4.25. The van der Waals surface area contributed by atoms with Crippen LogP contribution in [0.2, 0.25) is 0 Å². The van der Waals surface area contributed by atoms with Crippen molar-refractivity contribution in [3.05, 3.63) is 12.7 Å². The van der Waals surface area contributed by atoms with E-state index in [1.807, 2.05) is 0 Å². The number of nitrogens with one attached hydrogen (secondary N) is 1. The average Bonchev–Trinajstić information content (AvgIpc) is 1.96. The van der Waals surface area contributed by atoms with Gasteiger partial charge in [-0.1, -0.05) is 6.58 Å². The van der Waals surface area contributed by atoms with Crippen molar-refractivity contribution in [3.8, 4) is 0 Å². The van der Waals surface area contributed by atoms with Crippen LogP contribution in [0.4, 0.5) is 0 Å². The van der Waals surface area contributed by atoms with Gasteiger partial charge in [-0.3, -0.25) is 4.79 Å². The fourth-order valence-corrected chi connectivity index (χ4v) is 1.81. The molecule has 0 aromatic carbocycles. The summed E-state index contributed by atoms with van der Waals surface area (Å²) in [5.41, 5.74) is 0. The zero-order chi connectivity index (χ0) is 10.6. The van der Waals surface area contributed by atoms with E-state index in [4.69, 9.17) is 0 Å². The van der Waals surface area contributed by atoms with Crippen LogP contribution in [0, 0.1) is 0 Å². The number of allylic oxidation sites excluding steroid dienone is 1. The van der Waals surface area contributed by atoms with Gasteiger partial charge in [0.05, 0.1) is 20.5 Å². The predicted octanol–water partition coefficient (Wildman–Crippen LogP) is -1.85. The molecule has 6 heteroatoms. The first-order valence-electron chi connectivity index (χ1n) is 3.69. The molecule has 0 aliphatic rings. The molecule has 76 valence electrons.